The molecule has 12 bridgehead atoms. The lowest BCUT2D eigenvalue weighted by atomic mass is 9.56. The summed E-state index contributed by atoms with van der Waals surface area (Å²) in [5, 5.41) is 0. The molecule has 7 saturated heterocycles. The number of ketones is 2. The molecule has 7 heterocycles. The van der Waals surface area contributed by atoms with E-state index in [-0.39, 0.29) is 53.8 Å². The van der Waals surface area contributed by atoms with E-state index in [2.05, 4.69) is 9.47 Å². The Kier molecular flexibility index (Phi) is 54.4. The first-order valence-electron chi connectivity index (χ1n) is 37.7. The van der Waals surface area contributed by atoms with E-state index >= 15 is 0 Å². The summed E-state index contributed by atoms with van der Waals surface area (Å²) in [6.07, 6.45) is 33.7. The van der Waals surface area contributed by atoms with Gasteiger partial charge < -0.3 is 33.2 Å². The van der Waals surface area contributed by atoms with Gasteiger partial charge in [0, 0.05) is 62.6 Å². The third-order valence-electron chi connectivity index (χ3n) is 17.9. The molecule has 90 heavy (non-hydrogen) atoms. The van der Waals surface area contributed by atoms with Gasteiger partial charge >= 0.3 is 35.8 Å². The van der Waals surface area contributed by atoms with Gasteiger partial charge in [-0.25, -0.2) is 0 Å². The fourth-order valence-corrected chi connectivity index (χ4v) is 14.3. The van der Waals surface area contributed by atoms with Crippen LogP contribution in [0.3, 0.4) is 0 Å². The maximum atomic E-state index is 11.6. The lowest BCUT2D eigenvalue weighted by Crippen LogP contribution is -2.45. The molecule has 17 aliphatic rings. The average Bonchev–Trinajstić information content (AvgIpc) is 1.46. The van der Waals surface area contributed by atoms with Gasteiger partial charge in [0.25, 0.3) is 0 Å². The number of carbonyl (C=O) groups is 8. The molecule has 10 aliphatic carbocycles. The zero-order valence-corrected chi connectivity index (χ0v) is 61.0. The van der Waals surface area contributed by atoms with Crippen molar-refractivity contribution in [2.45, 2.75) is 336 Å². The maximum Gasteiger partial charge on any atom is 0.309 e. The van der Waals surface area contributed by atoms with Gasteiger partial charge in [-0.05, 0) is 191 Å². The highest BCUT2D eigenvalue weighted by Gasteiger charge is 2.56. The van der Waals surface area contributed by atoms with Gasteiger partial charge in [0.2, 0.25) is 0 Å². The minimum atomic E-state index is -0.0463. The molecule has 7 aliphatic heterocycles. The first-order chi connectivity index (χ1) is 43.9. The summed E-state index contributed by atoms with van der Waals surface area (Å²) in [5.74, 6) is 7.74. The Bertz CT molecular complexity index is 1780. The van der Waals surface area contributed by atoms with Crippen LogP contribution in [0.15, 0.2) is 0 Å². The molecule has 0 N–H and O–H groups in total. The minimum Gasteiger partial charge on any atom is -0.466 e. The number of Topliss-reactive ketones (excluding diaryl/α,β-unsaturated/α-hetero) is 2. The molecule has 10 atom stereocenters. The van der Waals surface area contributed by atoms with E-state index in [0.717, 1.165) is 133 Å². The van der Waals surface area contributed by atoms with Gasteiger partial charge in [-0.3, -0.25) is 38.4 Å². The highest BCUT2D eigenvalue weighted by atomic mass is 16.6. The van der Waals surface area contributed by atoms with Crippen LogP contribution in [0.5, 0.6) is 0 Å². The van der Waals surface area contributed by atoms with Gasteiger partial charge in [0.05, 0.1) is 37.6 Å². The van der Waals surface area contributed by atoms with E-state index < -0.39 is 0 Å². The maximum absolute atomic E-state index is 11.6. The second-order valence-electron chi connectivity index (χ2n) is 23.4. The molecule has 0 amide bonds. The van der Waals surface area contributed by atoms with Crippen LogP contribution in [0.2, 0.25) is 0 Å². The third-order valence-corrected chi connectivity index (χ3v) is 17.9. The molecule has 0 aromatic heterocycles. The van der Waals surface area contributed by atoms with E-state index in [4.69, 9.17) is 23.7 Å². The Morgan fingerprint density at radius 2 is 0.722 bits per heavy atom. The Labute approximate surface area is 550 Å². The van der Waals surface area contributed by atoms with Crippen molar-refractivity contribution in [3.63, 3.8) is 0 Å². The van der Waals surface area contributed by atoms with Crippen LogP contribution in [-0.2, 0) is 71.5 Å². The first-order valence-corrected chi connectivity index (χ1v) is 37.7. The number of hydrogen-bond acceptors (Lipinski definition) is 15. The van der Waals surface area contributed by atoms with Crippen LogP contribution < -0.4 is 0 Å². The summed E-state index contributed by atoms with van der Waals surface area (Å²) in [6, 6.07) is 0. The molecule has 15 nitrogen and oxygen atoms in total. The summed E-state index contributed by atoms with van der Waals surface area (Å²) in [6.45, 7) is 39.9. The summed E-state index contributed by atoms with van der Waals surface area (Å²) in [7, 11) is 0. The number of rotatable bonds is 0. The largest absolute Gasteiger partial charge is 0.466 e. The molecule has 17 rings (SSSR count). The van der Waals surface area contributed by atoms with E-state index in [9.17, 15) is 38.4 Å². The molecule has 15 heteroatoms. The van der Waals surface area contributed by atoms with Gasteiger partial charge in [-0.1, -0.05) is 125 Å². The van der Waals surface area contributed by atoms with Crippen LogP contribution in [0.25, 0.3) is 0 Å². The topological polar surface area (TPSA) is 201 Å². The quantitative estimate of drug-likeness (QED) is 0.164. The van der Waals surface area contributed by atoms with E-state index in [1.165, 1.54) is 77.0 Å². The van der Waals surface area contributed by atoms with Crippen molar-refractivity contribution in [2.24, 2.45) is 65.1 Å². The normalized spacial score (nSPS) is 31.4. The molecular weight excluding hydrogens is 1140 g/mol. The lowest BCUT2D eigenvalue weighted by molar-refractivity contribution is -0.148. The number of carbonyl (C=O) groups excluding carboxylic acids is 8. The fraction of sp³-hybridized carbons (Fsp3) is 0.893. The highest BCUT2D eigenvalue weighted by Crippen LogP contribution is 2.54. The molecular formula is C75H138O15. The monoisotopic (exact) mass is 1280 g/mol. The Morgan fingerprint density at radius 3 is 1.06 bits per heavy atom. The summed E-state index contributed by atoms with van der Waals surface area (Å²) < 4.78 is 34.0. The molecule has 0 aromatic carbocycles. The van der Waals surface area contributed by atoms with Crippen molar-refractivity contribution < 1.29 is 71.5 Å². The number of esters is 6. The van der Waals surface area contributed by atoms with Crippen LogP contribution in [0.1, 0.15) is 317 Å². The third kappa shape index (κ3) is 32.8. The van der Waals surface area contributed by atoms with Crippen molar-refractivity contribution in [1.82, 2.24) is 0 Å². The van der Waals surface area contributed by atoms with Crippen molar-refractivity contribution in [3.8, 4) is 0 Å². The zero-order valence-electron chi connectivity index (χ0n) is 61.0. The van der Waals surface area contributed by atoms with Gasteiger partial charge in [-0.15, -0.1) is 0 Å². The SMILES string of the molecule is C1CCOC1.CC.CC.CC.CC.CC.CC.CC.CC.CC.O=C1C2CC3CC(C2)CC1C3.O=C1CC2CCC1C2.O=C1CCCCCO1.O=C1CCCCO1.O=C1CCCO1.O=C1OC2CC3CC1C2C3.O=C1OC2CCC1C2.O=C1OC2CCCC1C2. The smallest absolute Gasteiger partial charge is 0.309 e. The van der Waals surface area contributed by atoms with Crippen molar-refractivity contribution in [1.29, 1.82) is 0 Å². The molecule has 0 radical (unpaired) electrons. The standard InChI is InChI=1S/C10H14O.C8H10O2.C7H10O2.C7H10O.C6H8O2.C6H10O2.C5H8O2.C4H6O2.C4H8O.9C2H6/c11-10-8-2-6-1-7(4-8)5-9(10)3-6;9-8-6-2-4-1-5(6)7(3-4)10-8;8-7-5-2-1-3-6(4-5)9-7;8-7-4-5-1-2-6(7)3-5;7-6-4-1-2-5(3-4)8-6;7-6-4-2-1-3-5-8-6;6-5-3-1-2-4-7-5;5-4-2-1-3-6-4;1-2-4-5-3-1;9*1-2/h6-9H,1-5H2;4-7H,1-3H2;5-6H,1-4H2;5-6H,1-4H2;4-5H,1-3H2;1-5H2;1-4H2;1-3H2;1-4H2;9*1-2H3. The lowest BCUT2D eigenvalue weighted by Gasteiger charge is -2.48. The number of hydrogen-bond donors (Lipinski definition) is 0. The van der Waals surface area contributed by atoms with Gasteiger partial charge in [-0.2, -0.15) is 0 Å². The zero-order chi connectivity index (χ0) is 68.4. The van der Waals surface area contributed by atoms with Crippen molar-refractivity contribution >= 4 is 47.4 Å². The first kappa shape index (κ1) is 88.2. The molecule has 10 saturated carbocycles. The second kappa shape index (κ2) is 55.6. The van der Waals surface area contributed by atoms with E-state index in [0.29, 0.717) is 92.4 Å². The van der Waals surface area contributed by atoms with Crippen LogP contribution in [-0.4, -0.2) is 98.7 Å². The Balaban J connectivity index is 0. The fourth-order valence-electron chi connectivity index (χ4n) is 14.3. The predicted octanol–water partition coefficient (Wildman–Crippen LogP) is 18.3. The average molecular weight is 1280 g/mol. The number of fused-ring (bicyclic) bond motifs is 7. The summed E-state index contributed by atoms with van der Waals surface area (Å²) >= 11 is 0. The molecule has 10 unspecified atom stereocenters. The highest BCUT2D eigenvalue weighted by molar-refractivity contribution is 5.85. The van der Waals surface area contributed by atoms with Crippen LogP contribution in [0, 0.1) is 65.1 Å². The minimum absolute atomic E-state index is 0.0255. The predicted molar refractivity (Wildman–Crippen MR) is 362 cm³/mol. The molecule has 0 spiro atoms. The summed E-state index contributed by atoms with van der Waals surface area (Å²) in [5.41, 5.74) is 0. The second-order valence-corrected chi connectivity index (χ2v) is 23.4. The number of cyclic esters (lactones) is 3. The Hall–Kier alpha value is -3.88. The van der Waals surface area contributed by atoms with Crippen LogP contribution in [0.4, 0.5) is 0 Å². The van der Waals surface area contributed by atoms with E-state index in [1.54, 1.807) is 0 Å². The molecule has 0 aromatic rings. The van der Waals surface area contributed by atoms with Gasteiger partial charge in [0.1, 0.15) is 29.9 Å². The van der Waals surface area contributed by atoms with Crippen LogP contribution >= 0.6 is 0 Å². The summed E-state index contributed by atoms with van der Waals surface area (Å²) in [4.78, 5) is 85.6. The van der Waals surface area contributed by atoms with Crippen molar-refractivity contribution in [3.05, 3.63) is 0 Å². The van der Waals surface area contributed by atoms with Gasteiger partial charge in [0.15, 0.2) is 0 Å². The Morgan fingerprint density at radius 1 is 0.300 bits per heavy atom. The number of ether oxygens (including phenoxy) is 7. The van der Waals surface area contributed by atoms with E-state index in [1.807, 2.05) is 125 Å². The molecule has 17 fully saturated rings. The van der Waals surface area contributed by atoms with Crippen molar-refractivity contribution in [2.75, 3.05) is 33.0 Å². The molecule has 528 valence electrons.